The number of hydrogen-bond donors (Lipinski definition) is 2. The van der Waals surface area contributed by atoms with Gasteiger partial charge in [0.2, 0.25) is 0 Å². The Balaban J connectivity index is 1.46. The number of para-hydroxylation sites is 2. The van der Waals surface area contributed by atoms with Gasteiger partial charge in [-0.1, -0.05) is 30.3 Å². The van der Waals surface area contributed by atoms with Gasteiger partial charge in [0, 0.05) is 35.8 Å². The fourth-order valence-electron chi connectivity index (χ4n) is 3.42. The molecule has 0 spiro atoms. The standard InChI is InChI=1S/C23H23N3O/c27-23(21-10-4-5-11-22(21)26-16-6-7-17-26)25-20-14-12-19(13-15-20)24-18-8-2-1-3-9-18/h1-5,8-15,24H,6-7,16-17H2,(H,25,27). The maximum atomic E-state index is 12.8. The van der Waals surface area contributed by atoms with Crippen LogP contribution >= 0.6 is 0 Å². The third-order valence-electron chi connectivity index (χ3n) is 4.80. The van der Waals surface area contributed by atoms with Gasteiger partial charge in [0.1, 0.15) is 0 Å². The molecule has 1 heterocycles. The Morgan fingerprint density at radius 1 is 0.704 bits per heavy atom. The third-order valence-corrected chi connectivity index (χ3v) is 4.80. The quantitative estimate of drug-likeness (QED) is 0.653. The van der Waals surface area contributed by atoms with Gasteiger partial charge >= 0.3 is 0 Å². The Kier molecular flexibility index (Phi) is 5.06. The second-order valence-electron chi connectivity index (χ2n) is 6.73. The molecule has 27 heavy (non-hydrogen) atoms. The van der Waals surface area contributed by atoms with Crippen molar-refractivity contribution in [3.05, 3.63) is 84.4 Å². The van der Waals surface area contributed by atoms with Crippen molar-refractivity contribution in [2.24, 2.45) is 0 Å². The molecule has 0 unspecified atom stereocenters. The maximum absolute atomic E-state index is 12.8. The largest absolute Gasteiger partial charge is 0.371 e. The first-order valence-electron chi connectivity index (χ1n) is 9.37. The van der Waals surface area contributed by atoms with Crippen molar-refractivity contribution in [3.63, 3.8) is 0 Å². The van der Waals surface area contributed by atoms with Crippen molar-refractivity contribution >= 4 is 28.7 Å². The third kappa shape index (κ3) is 4.11. The van der Waals surface area contributed by atoms with Gasteiger partial charge in [-0.25, -0.2) is 0 Å². The molecule has 1 aliphatic heterocycles. The van der Waals surface area contributed by atoms with Gasteiger partial charge in [0.15, 0.2) is 0 Å². The lowest BCUT2D eigenvalue weighted by atomic mass is 10.1. The second kappa shape index (κ2) is 7.96. The van der Waals surface area contributed by atoms with E-state index in [2.05, 4.69) is 15.5 Å². The number of amides is 1. The highest BCUT2D eigenvalue weighted by atomic mass is 16.1. The lowest BCUT2D eigenvalue weighted by Crippen LogP contribution is -2.22. The molecule has 0 radical (unpaired) electrons. The summed E-state index contributed by atoms with van der Waals surface area (Å²) in [7, 11) is 0. The molecule has 0 bridgehead atoms. The van der Waals surface area contributed by atoms with E-state index >= 15 is 0 Å². The first kappa shape index (κ1) is 17.2. The predicted octanol–water partition coefficient (Wildman–Crippen LogP) is 5.28. The lowest BCUT2D eigenvalue weighted by Gasteiger charge is -2.21. The van der Waals surface area contributed by atoms with E-state index in [1.807, 2.05) is 78.9 Å². The molecule has 3 aromatic rings. The lowest BCUT2D eigenvalue weighted by molar-refractivity contribution is 0.102. The van der Waals surface area contributed by atoms with Crippen molar-refractivity contribution in [1.29, 1.82) is 0 Å². The molecule has 4 nitrogen and oxygen atoms in total. The number of benzene rings is 3. The van der Waals surface area contributed by atoms with Gasteiger partial charge < -0.3 is 15.5 Å². The van der Waals surface area contributed by atoms with Crippen LogP contribution in [0.25, 0.3) is 0 Å². The molecular formula is C23H23N3O. The highest BCUT2D eigenvalue weighted by molar-refractivity contribution is 6.08. The van der Waals surface area contributed by atoms with Gasteiger partial charge in [-0.05, 0) is 61.4 Å². The van der Waals surface area contributed by atoms with E-state index in [1.54, 1.807) is 0 Å². The summed E-state index contributed by atoms with van der Waals surface area (Å²) < 4.78 is 0. The average molecular weight is 357 g/mol. The maximum Gasteiger partial charge on any atom is 0.257 e. The Morgan fingerprint density at radius 2 is 1.30 bits per heavy atom. The average Bonchev–Trinajstić information content (AvgIpc) is 3.25. The minimum Gasteiger partial charge on any atom is -0.371 e. The second-order valence-corrected chi connectivity index (χ2v) is 6.73. The Labute approximate surface area is 159 Å². The summed E-state index contributed by atoms with van der Waals surface area (Å²) in [6.07, 6.45) is 2.37. The number of nitrogens with zero attached hydrogens (tertiary/aromatic N) is 1. The molecule has 136 valence electrons. The van der Waals surface area contributed by atoms with Crippen LogP contribution in [0.15, 0.2) is 78.9 Å². The number of nitrogens with one attached hydrogen (secondary N) is 2. The zero-order chi connectivity index (χ0) is 18.5. The molecule has 0 saturated carbocycles. The molecular weight excluding hydrogens is 334 g/mol. The van der Waals surface area contributed by atoms with E-state index in [4.69, 9.17) is 0 Å². The van der Waals surface area contributed by atoms with Crippen molar-refractivity contribution in [1.82, 2.24) is 0 Å². The summed E-state index contributed by atoms with van der Waals surface area (Å²) in [5.74, 6) is -0.0683. The van der Waals surface area contributed by atoms with Crippen LogP contribution in [0, 0.1) is 0 Å². The molecule has 0 atom stereocenters. The van der Waals surface area contributed by atoms with E-state index in [1.165, 1.54) is 12.8 Å². The van der Waals surface area contributed by atoms with Crippen LogP contribution in [0.4, 0.5) is 22.7 Å². The molecule has 4 rings (SSSR count). The van der Waals surface area contributed by atoms with Gasteiger partial charge in [0.05, 0.1) is 5.56 Å². The Morgan fingerprint density at radius 3 is 2.04 bits per heavy atom. The van der Waals surface area contributed by atoms with Gasteiger partial charge in [-0.3, -0.25) is 4.79 Å². The number of carbonyl (C=O) groups excluding carboxylic acids is 1. The van der Waals surface area contributed by atoms with Crippen LogP contribution in [0.3, 0.4) is 0 Å². The zero-order valence-electron chi connectivity index (χ0n) is 15.2. The van der Waals surface area contributed by atoms with Crippen molar-refractivity contribution in [2.45, 2.75) is 12.8 Å². The summed E-state index contributed by atoms with van der Waals surface area (Å²) in [5.41, 5.74) is 4.56. The molecule has 2 N–H and O–H groups in total. The van der Waals surface area contributed by atoms with E-state index in [0.29, 0.717) is 0 Å². The number of rotatable bonds is 5. The van der Waals surface area contributed by atoms with Crippen LogP contribution in [0.1, 0.15) is 23.2 Å². The molecule has 0 aromatic heterocycles. The normalized spacial score (nSPS) is 13.4. The molecule has 3 aromatic carbocycles. The van der Waals surface area contributed by atoms with Crippen LogP contribution < -0.4 is 15.5 Å². The fourth-order valence-corrected chi connectivity index (χ4v) is 3.42. The SMILES string of the molecule is O=C(Nc1ccc(Nc2ccccc2)cc1)c1ccccc1N1CCCC1. The fraction of sp³-hybridized carbons (Fsp3) is 0.174. The van der Waals surface area contributed by atoms with Crippen LogP contribution in [-0.2, 0) is 0 Å². The van der Waals surface area contributed by atoms with E-state index < -0.39 is 0 Å². The number of anilines is 4. The summed E-state index contributed by atoms with van der Waals surface area (Å²) in [6.45, 7) is 2.04. The minimum atomic E-state index is -0.0683. The molecule has 1 saturated heterocycles. The number of hydrogen-bond acceptors (Lipinski definition) is 3. The topological polar surface area (TPSA) is 44.4 Å². The van der Waals surface area contributed by atoms with Gasteiger partial charge in [0.25, 0.3) is 5.91 Å². The predicted molar refractivity (Wildman–Crippen MR) is 112 cm³/mol. The first-order chi connectivity index (χ1) is 13.3. The number of carbonyl (C=O) groups is 1. The summed E-state index contributed by atoms with van der Waals surface area (Å²) >= 11 is 0. The molecule has 4 heteroatoms. The van der Waals surface area contributed by atoms with Gasteiger partial charge in [-0.15, -0.1) is 0 Å². The molecule has 1 amide bonds. The van der Waals surface area contributed by atoms with Crippen LogP contribution in [0.2, 0.25) is 0 Å². The molecule has 1 aliphatic rings. The molecule has 0 aliphatic carbocycles. The summed E-state index contributed by atoms with van der Waals surface area (Å²) in [6, 6.07) is 25.6. The zero-order valence-corrected chi connectivity index (χ0v) is 15.2. The van der Waals surface area contributed by atoms with Crippen molar-refractivity contribution in [3.8, 4) is 0 Å². The summed E-state index contributed by atoms with van der Waals surface area (Å²) in [4.78, 5) is 15.1. The highest BCUT2D eigenvalue weighted by Gasteiger charge is 2.19. The van der Waals surface area contributed by atoms with E-state index in [9.17, 15) is 4.79 Å². The van der Waals surface area contributed by atoms with Gasteiger partial charge in [-0.2, -0.15) is 0 Å². The summed E-state index contributed by atoms with van der Waals surface area (Å²) in [5, 5.41) is 6.36. The van der Waals surface area contributed by atoms with Crippen LogP contribution in [-0.4, -0.2) is 19.0 Å². The Bertz CT molecular complexity index is 900. The smallest absolute Gasteiger partial charge is 0.257 e. The first-order valence-corrected chi connectivity index (χ1v) is 9.37. The van der Waals surface area contributed by atoms with Crippen molar-refractivity contribution < 1.29 is 4.79 Å². The minimum absolute atomic E-state index is 0.0683. The van der Waals surface area contributed by atoms with E-state index in [-0.39, 0.29) is 5.91 Å². The Hall–Kier alpha value is -3.27. The van der Waals surface area contributed by atoms with Crippen molar-refractivity contribution in [2.75, 3.05) is 28.6 Å². The van der Waals surface area contributed by atoms with Crippen LogP contribution in [0.5, 0.6) is 0 Å². The van der Waals surface area contributed by atoms with E-state index in [0.717, 1.165) is 41.4 Å². The monoisotopic (exact) mass is 357 g/mol. The highest BCUT2D eigenvalue weighted by Crippen LogP contribution is 2.26. The molecule has 1 fully saturated rings.